The van der Waals surface area contributed by atoms with E-state index in [0.717, 1.165) is 0 Å². The number of halogens is 2. The van der Waals surface area contributed by atoms with Crippen LogP contribution in [0.5, 0.6) is 0 Å². The lowest BCUT2D eigenvalue weighted by Crippen LogP contribution is -2.36. The van der Waals surface area contributed by atoms with Gasteiger partial charge in [0.1, 0.15) is 19.2 Å². The van der Waals surface area contributed by atoms with Gasteiger partial charge in [0, 0.05) is 0 Å². The summed E-state index contributed by atoms with van der Waals surface area (Å²) in [6, 6.07) is 4.51. The van der Waals surface area contributed by atoms with E-state index in [-0.39, 0.29) is 28.8 Å². The van der Waals surface area contributed by atoms with Gasteiger partial charge in [0.05, 0.1) is 29.9 Å². The second-order valence-electron chi connectivity index (χ2n) is 3.88. The van der Waals surface area contributed by atoms with E-state index in [2.05, 4.69) is 25.4 Å². The molecule has 0 aliphatic carbocycles. The summed E-state index contributed by atoms with van der Waals surface area (Å²) in [7, 11) is 2.37. The highest BCUT2D eigenvalue weighted by molar-refractivity contribution is 9.10. The summed E-state index contributed by atoms with van der Waals surface area (Å²) in [5.41, 5.74) is 0.0870. The third-order valence-corrected chi connectivity index (χ3v) is 3.39. The number of nitriles is 1. The standard InChI is InChI=1S/C13H12BrFN2O4/c1-20-10(18)6-17(7-11(19)21-2)9-4-3-8(5-16)12(14)13(9)15/h3-4H,6-7H2,1-2H3. The van der Waals surface area contributed by atoms with Crippen molar-refractivity contribution in [3.8, 4) is 6.07 Å². The maximum Gasteiger partial charge on any atom is 0.325 e. The van der Waals surface area contributed by atoms with Crippen LogP contribution in [0.4, 0.5) is 10.1 Å². The molecule has 0 unspecified atom stereocenters. The third-order valence-electron chi connectivity index (χ3n) is 2.62. The summed E-state index contributed by atoms with van der Waals surface area (Å²) in [5, 5.41) is 8.83. The lowest BCUT2D eigenvalue weighted by atomic mass is 10.2. The van der Waals surface area contributed by atoms with Gasteiger partial charge in [-0.3, -0.25) is 9.59 Å². The van der Waals surface area contributed by atoms with Crippen molar-refractivity contribution in [1.29, 1.82) is 5.26 Å². The van der Waals surface area contributed by atoms with Gasteiger partial charge in [0.25, 0.3) is 0 Å². The Kier molecular flexibility index (Phi) is 6.11. The molecular formula is C13H12BrFN2O4. The number of carbonyl (C=O) groups is 2. The Hall–Kier alpha value is -2.14. The van der Waals surface area contributed by atoms with Gasteiger partial charge >= 0.3 is 11.9 Å². The third kappa shape index (κ3) is 4.16. The summed E-state index contributed by atoms with van der Waals surface area (Å²) in [5.74, 6) is -2.03. The fourth-order valence-electron chi connectivity index (χ4n) is 1.54. The quantitative estimate of drug-likeness (QED) is 0.744. The molecule has 8 heteroatoms. The van der Waals surface area contributed by atoms with E-state index in [4.69, 9.17) is 5.26 Å². The van der Waals surface area contributed by atoms with Crippen molar-refractivity contribution in [3.63, 3.8) is 0 Å². The predicted molar refractivity (Wildman–Crippen MR) is 75.1 cm³/mol. The number of esters is 2. The maximum atomic E-state index is 14.3. The van der Waals surface area contributed by atoms with Crippen LogP contribution in [0.3, 0.4) is 0 Å². The van der Waals surface area contributed by atoms with Crippen LogP contribution in [-0.2, 0) is 19.1 Å². The molecule has 1 aromatic rings. The molecule has 1 aromatic carbocycles. The van der Waals surface area contributed by atoms with E-state index in [1.165, 1.54) is 31.3 Å². The Morgan fingerprint density at radius 1 is 1.29 bits per heavy atom. The first-order chi connectivity index (χ1) is 9.94. The highest BCUT2D eigenvalue weighted by atomic mass is 79.9. The lowest BCUT2D eigenvalue weighted by Gasteiger charge is -2.23. The van der Waals surface area contributed by atoms with E-state index >= 15 is 0 Å². The molecule has 0 radical (unpaired) electrons. The largest absolute Gasteiger partial charge is 0.468 e. The SMILES string of the molecule is COC(=O)CN(CC(=O)OC)c1ccc(C#N)c(Br)c1F. The molecule has 0 aliphatic heterocycles. The van der Waals surface area contributed by atoms with Crippen LogP contribution in [0.1, 0.15) is 5.56 Å². The summed E-state index contributed by atoms with van der Waals surface area (Å²) < 4.78 is 23.3. The Morgan fingerprint density at radius 3 is 2.24 bits per heavy atom. The molecule has 0 aromatic heterocycles. The molecule has 6 nitrogen and oxygen atoms in total. The average Bonchev–Trinajstić information content (AvgIpc) is 2.48. The zero-order valence-corrected chi connectivity index (χ0v) is 12.9. The van der Waals surface area contributed by atoms with Gasteiger partial charge in [-0.05, 0) is 28.1 Å². The minimum absolute atomic E-state index is 0.0170. The summed E-state index contributed by atoms with van der Waals surface area (Å²) >= 11 is 2.97. The molecule has 1 rings (SSSR count). The second-order valence-corrected chi connectivity index (χ2v) is 4.67. The van der Waals surface area contributed by atoms with Crippen LogP contribution >= 0.6 is 15.9 Å². The maximum absolute atomic E-state index is 14.3. The average molecular weight is 359 g/mol. The Balaban J connectivity index is 3.19. The van der Waals surface area contributed by atoms with Crippen LogP contribution in [0.15, 0.2) is 16.6 Å². The second kappa shape index (κ2) is 7.59. The number of nitrogens with zero attached hydrogens (tertiary/aromatic N) is 2. The first-order valence-electron chi connectivity index (χ1n) is 5.71. The molecule has 0 saturated heterocycles. The zero-order valence-electron chi connectivity index (χ0n) is 11.4. The lowest BCUT2D eigenvalue weighted by molar-refractivity contribution is -0.140. The number of methoxy groups -OCH3 is 2. The van der Waals surface area contributed by atoms with Gasteiger partial charge < -0.3 is 14.4 Å². The summed E-state index contributed by atoms with van der Waals surface area (Å²) in [6.07, 6.45) is 0. The van der Waals surface area contributed by atoms with E-state index in [1.807, 2.05) is 6.07 Å². The zero-order chi connectivity index (χ0) is 16.0. The van der Waals surface area contributed by atoms with Crippen molar-refractivity contribution >= 4 is 33.6 Å². The fourth-order valence-corrected chi connectivity index (χ4v) is 1.96. The molecule has 0 atom stereocenters. The van der Waals surface area contributed by atoms with Crippen molar-refractivity contribution in [1.82, 2.24) is 0 Å². The molecule has 0 N–H and O–H groups in total. The molecule has 0 amide bonds. The van der Waals surface area contributed by atoms with E-state index in [1.54, 1.807) is 0 Å². The Labute approximate surface area is 129 Å². The number of benzene rings is 1. The topological polar surface area (TPSA) is 79.6 Å². The number of carbonyl (C=O) groups excluding carboxylic acids is 2. The Morgan fingerprint density at radius 2 is 1.81 bits per heavy atom. The van der Waals surface area contributed by atoms with Gasteiger partial charge in [-0.1, -0.05) is 0 Å². The van der Waals surface area contributed by atoms with Gasteiger partial charge in [-0.25, -0.2) is 4.39 Å². The van der Waals surface area contributed by atoms with Gasteiger partial charge in [0.15, 0.2) is 5.82 Å². The molecule has 0 fully saturated rings. The van der Waals surface area contributed by atoms with Crippen LogP contribution in [-0.4, -0.2) is 39.2 Å². The minimum atomic E-state index is -0.748. The van der Waals surface area contributed by atoms with Crippen LogP contribution in [0.25, 0.3) is 0 Å². The highest BCUT2D eigenvalue weighted by Crippen LogP contribution is 2.29. The fraction of sp³-hybridized carbons (Fsp3) is 0.308. The van der Waals surface area contributed by atoms with Crippen molar-refractivity contribution in [2.24, 2.45) is 0 Å². The first-order valence-corrected chi connectivity index (χ1v) is 6.50. The minimum Gasteiger partial charge on any atom is -0.468 e. The van der Waals surface area contributed by atoms with Crippen LogP contribution in [0, 0.1) is 17.1 Å². The molecule has 0 bridgehead atoms. The van der Waals surface area contributed by atoms with E-state index in [0.29, 0.717) is 0 Å². The number of hydrogen-bond donors (Lipinski definition) is 0. The summed E-state index contributed by atoms with van der Waals surface area (Å²) in [4.78, 5) is 23.9. The van der Waals surface area contributed by atoms with E-state index < -0.39 is 17.8 Å². The van der Waals surface area contributed by atoms with Crippen LogP contribution < -0.4 is 4.90 Å². The van der Waals surface area contributed by atoms with Crippen molar-refractivity contribution < 1.29 is 23.5 Å². The normalized spacial score (nSPS) is 9.67. The molecule has 0 saturated carbocycles. The number of rotatable bonds is 5. The van der Waals surface area contributed by atoms with Crippen molar-refractivity contribution in [3.05, 3.63) is 28.0 Å². The number of ether oxygens (including phenoxy) is 2. The highest BCUT2D eigenvalue weighted by Gasteiger charge is 2.21. The van der Waals surface area contributed by atoms with Crippen LogP contribution in [0.2, 0.25) is 0 Å². The Bertz CT molecular complexity index is 583. The molecule has 0 aliphatic rings. The molecule has 0 heterocycles. The predicted octanol–water partition coefficient (Wildman–Crippen LogP) is 1.61. The van der Waals surface area contributed by atoms with Gasteiger partial charge in [-0.15, -0.1) is 0 Å². The van der Waals surface area contributed by atoms with Crippen molar-refractivity contribution in [2.45, 2.75) is 0 Å². The smallest absolute Gasteiger partial charge is 0.325 e. The number of hydrogen-bond acceptors (Lipinski definition) is 6. The first kappa shape index (κ1) is 16.9. The number of anilines is 1. The molecule has 0 spiro atoms. The van der Waals surface area contributed by atoms with Gasteiger partial charge in [-0.2, -0.15) is 5.26 Å². The molecular weight excluding hydrogens is 347 g/mol. The summed E-state index contributed by atoms with van der Waals surface area (Å²) in [6.45, 7) is -0.665. The monoisotopic (exact) mass is 358 g/mol. The van der Waals surface area contributed by atoms with Gasteiger partial charge in [0.2, 0.25) is 0 Å². The van der Waals surface area contributed by atoms with E-state index in [9.17, 15) is 14.0 Å². The van der Waals surface area contributed by atoms with Crippen molar-refractivity contribution in [2.75, 3.05) is 32.2 Å². The molecule has 21 heavy (non-hydrogen) atoms. The molecule has 112 valence electrons.